The quantitative estimate of drug-likeness (QED) is 0.668. The van der Waals surface area contributed by atoms with Crippen molar-refractivity contribution in [3.8, 4) is 0 Å². The Morgan fingerprint density at radius 2 is 2.09 bits per heavy atom. The Labute approximate surface area is 74.4 Å². The highest BCUT2D eigenvalue weighted by atomic mass is 127. The Balaban J connectivity index is 2.92. The number of fused-ring (bicyclic) bond motifs is 1. The molecule has 0 bridgehead atoms. The van der Waals surface area contributed by atoms with E-state index in [1.807, 2.05) is 22.6 Å². The summed E-state index contributed by atoms with van der Waals surface area (Å²) in [7, 11) is 0. The fourth-order valence-corrected chi connectivity index (χ4v) is 1.17. The number of nitrogens with zero attached hydrogens (tertiary/aromatic N) is 2. The van der Waals surface area contributed by atoms with Crippen LogP contribution in [0, 0.1) is 3.70 Å². The van der Waals surface area contributed by atoms with E-state index in [4.69, 9.17) is 0 Å². The molecule has 0 spiro atoms. The van der Waals surface area contributed by atoms with Crippen LogP contribution in [0.5, 0.6) is 0 Å². The van der Waals surface area contributed by atoms with Crippen molar-refractivity contribution >= 4 is 33.9 Å². The maximum atomic E-state index is 10.7. The van der Waals surface area contributed by atoms with Gasteiger partial charge < -0.3 is 0 Å². The van der Waals surface area contributed by atoms with Crippen LogP contribution in [-0.2, 0) is 0 Å². The largest absolute Gasteiger partial charge is 0.326 e. The summed E-state index contributed by atoms with van der Waals surface area (Å²) in [5, 5.41) is 0. The van der Waals surface area contributed by atoms with Gasteiger partial charge in [-0.3, -0.25) is 9.97 Å². The highest BCUT2D eigenvalue weighted by molar-refractivity contribution is 14.1. The number of halogens is 1. The lowest BCUT2D eigenvalue weighted by molar-refractivity contribution is 1.19. The van der Waals surface area contributed by atoms with Gasteiger partial charge in [0.1, 0.15) is 3.70 Å². The maximum absolute atomic E-state index is 10.7. The molecule has 2 N–H and O–H groups in total. The molecule has 11 heavy (non-hydrogen) atoms. The number of imidazole rings is 1. The van der Waals surface area contributed by atoms with Gasteiger partial charge in [-0.2, -0.15) is 0 Å². The molecule has 5 nitrogen and oxygen atoms in total. The van der Waals surface area contributed by atoms with E-state index < -0.39 is 0 Å². The molecular weight excluding hydrogens is 259 g/mol. The fraction of sp³-hybridized carbons (Fsp3) is 0. The van der Waals surface area contributed by atoms with Gasteiger partial charge in [0, 0.05) is 0 Å². The first kappa shape index (κ1) is 6.77. The molecule has 0 fully saturated rings. The van der Waals surface area contributed by atoms with Crippen LogP contribution in [0.2, 0.25) is 0 Å². The van der Waals surface area contributed by atoms with Crippen LogP contribution in [0.4, 0.5) is 0 Å². The zero-order valence-electron chi connectivity index (χ0n) is 5.26. The SMILES string of the molecule is O=c1[nH]c2ncc(I)nc2[nH]1. The van der Waals surface area contributed by atoms with Crippen molar-refractivity contribution in [3.05, 3.63) is 20.4 Å². The molecule has 2 heterocycles. The van der Waals surface area contributed by atoms with Crippen LogP contribution in [-0.4, -0.2) is 19.9 Å². The third-order valence-corrected chi connectivity index (χ3v) is 1.73. The molecule has 2 rings (SSSR count). The molecule has 0 aromatic carbocycles. The minimum atomic E-state index is -0.276. The zero-order valence-corrected chi connectivity index (χ0v) is 7.42. The Kier molecular flexibility index (Phi) is 1.41. The smallest absolute Gasteiger partial charge is 0.289 e. The van der Waals surface area contributed by atoms with Crippen LogP contribution in [0.1, 0.15) is 0 Å². The van der Waals surface area contributed by atoms with E-state index in [2.05, 4.69) is 19.9 Å². The van der Waals surface area contributed by atoms with Gasteiger partial charge >= 0.3 is 5.69 Å². The van der Waals surface area contributed by atoms with E-state index in [-0.39, 0.29) is 5.69 Å². The summed E-state index contributed by atoms with van der Waals surface area (Å²) >= 11 is 2.03. The molecular formula is C5H3IN4O. The van der Waals surface area contributed by atoms with Gasteiger partial charge in [0.05, 0.1) is 6.20 Å². The van der Waals surface area contributed by atoms with Crippen molar-refractivity contribution in [2.45, 2.75) is 0 Å². The number of aromatic amines is 2. The van der Waals surface area contributed by atoms with Crippen LogP contribution >= 0.6 is 22.6 Å². The topological polar surface area (TPSA) is 74.4 Å². The van der Waals surface area contributed by atoms with Gasteiger partial charge in [-0.05, 0) is 22.6 Å². The molecule has 0 atom stereocenters. The first-order valence-electron chi connectivity index (χ1n) is 2.86. The van der Waals surface area contributed by atoms with Crippen molar-refractivity contribution in [2.24, 2.45) is 0 Å². The second kappa shape index (κ2) is 2.29. The lowest BCUT2D eigenvalue weighted by Crippen LogP contribution is -1.99. The number of H-pyrrole nitrogens is 2. The molecule has 0 aliphatic heterocycles. The highest BCUT2D eigenvalue weighted by Crippen LogP contribution is 2.02. The Bertz CT molecular complexity index is 445. The summed E-state index contributed by atoms with van der Waals surface area (Å²) in [6.07, 6.45) is 1.59. The van der Waals surface area contributed by atoms with Crippen molar-refractivity contribution < 1.29 is 0 Å². The molecule has 0 unspecified atom stereocenters. The van der Waals surface area contributed by atoms with Gasteiger partial charge in [0.2, 0.25) is 0 Å². The number of hydrogen-bond acceptors (Lipinski definition) is 3. The molecule has 0 aliphatic carbocycles. The van der Waals surface area contributed by atoms with E-state index in [1.165, 1.54) is 0 Å². The second-order valence-electron chi connectivity index (χ2n) is 1.97. The normalized spacial score (nSPS) is 10.6. The molecule has 0 saturated carbocycles. The lowest BCUT2D eigenvalue weighted by Gasteiger charge is -1.86. The third kappa shape index (κ3) is 1.13. The van der Waals surface area contributed by atoms with E-state index in [0.717, 1.165) is 3.70 Å². The molecule has 0 saturated heterocycles. The monoisotopic (exact) mass is 262 g/mol. The molecule has 2 aromatic heterocycles. The zero-order chi connectivity index (χ0) is 7.84. The predicted molar refractivity (Wildman–Crippen MR) is 47.2 cm³/mol. The average Bonchev–Trinajstić information content (AvgIpc) is 2.27. The summed E-state index contributed by atoms with van der Waals surface area (Å²) in [6, 6.07) is 0. The van der Waals surface area contributed by atoms with E-state index in [9.17, 15) is 4.79 Å². The molecule has 0 aliphatic rings. The van der Waals surface area contributed by atoms with E-state index >= 15 is 0 Å². The average molecular weight is 262 g/mol. The fourth-order valence-electron chi connectivity index (χ4n) is 0.793. The first-order chi connectivity index (χ1) is 5.25. The van der Waals surface area contributed by atoms with Crippen molar-refractivity contribution in [2.75, 3.05) is 0 Å². The number of nitrogens with one attached hydrogen (secondary N) is 2. The predicted octanol–water partition coefficient (Wildman–Crippen LogP) is 0.251. The molecule has 2 aromatic rings. The van der Waals surface area contributed by atoms with Gasteiger partial charge in [0.25, 0.3) is 0 Å². The molecule has 0 radical (unpaired) electrons. The standard InChI is InChI=1S/C5H3IN4O/c6-2-1-7-3-4(8-2)10-5(11)9-3/h1H,(H2,7,8,9,10,11). The summed E-state index contributed by atoms with van der Waals surface area (Å²) in [5.41, 5.74) is 0.722. The summed E-state index contributed by atoms with van der Waals surface area (Å²) < 4.78 is 0.755. The van der Waals surface area contributed by atoms with Gasteiger partial charge in [-0.1, -0.05) is 0 Å². The summed E-state index contributed by atoms with van der Waals surface area (Å²) in [6.45, 7) is 0. The minimum absolute atomic E-state index is 0.276. The van der Waals surface area contributed by atoms with E-state index in [0.29, 0.717) is 11.3 Å². The van der Waals surface area contributed by atoms with E-state index in [1.54, 1.807) is 6.20 Å². The summed E-state index contributed by atoms with van der Waals surface area (Å²) in [4.78, 5) is 23.7. The van der Waals surface area contributed by atoms with Crippen LogP contribution in [0.3, 0.4) is 0 Å². The highest BCUT2D eigenvalue weighted by Gasteiger charge is 1.99. The Hall–Kier alpha value is -0.920. The maximum Gasteiger partial charge on any atom is 0.326 e. The summed E-state index contributed by atoms with van der Waals surface area (Å²) in [5.74, 6) is 0. The molecule has 0 amide bonds. The molecule has 6 heteroatoms. The van der Waals surface area contributed by atoms with Crippen molar-refractivity contribution in [3.63, 3.8) is 0 Å². The Morgan fingerprint density at radius 1 is 1.36 bits per heavy atom. The van der Waals surface area contributed by atoms with Crippen LogP contribution < -0.4 is 5.69 Å². The van der Waals surface area contributed by atoms with Crippen molar-refractivity contribution in [1.82, 2.24) is 19.9 Å². The van der Waals surface area contributed by atoms with Crippen LogP contribution in [0.15, 0.2) is 11.0 Å². The number of rotatable bonds is 0. The van der Waals surface area contributed by atoms with Gasteiger partial charge in [-0.25, -0.2) is 14.8 Å². The lowest BCUT2D eigenvalue weighted by atomic mass is 10.7. The first-order valence-corrected chi connectivity index (χ1v) is 3.94. The van der Waals surface area contributed by atoms with Crippen LogP contribution in [0.25, 0.3) is 11.3 Å². The third-order valence-electron chi connectivity index (χ3n) is 1.21. The number of aromatic nitrogens is 4. The van der Waals surface area contributed by atoms with Crippen molar-refractivity contribution in [1.29, 1.82) is 0 Å². The Morgan fingerprint density at radius 3 is 2.91 bits per heavy atom. The van der Waals surface area contributed by atoms with Gasteiger partial charge in [0.15, 0.2) is 11.3 Å². The molecule has 56 valence electrons. The number of hydrogen-bond donors (Lipinski definition) is 2. The minimum Gasteiger partial charge on any atom is -0.289 e. The second-order valence-corrected chi connectivity index (χ2v) is 3.07. The van der Waals surface area contributed by atoms with Gasteiger partial charge in [-0.15, -0.1) is 0 Å².